The summed E-state index contributed by atoms with van der Waals surface area (Å²) in [6.07, 6.45) is 5.40. The van der Waals surface area contributed by atoms with Crippen LogP contribution in [0.15, 0.2) is 40.8 Å². The summed E-state index contributed by atoms with van der Waals surface area (Å²) in [5.74, 6) is 2.87. The van der Waals surface area contributed by atoms with Gasteiger partial charge in [0.2, 0.25) is 0 Å². The second-order valence-corrected chi connectivity index (χ2v) is 5.41. The number of rotatable bonds is 5. The van der Waals surface area contributed by atoms with Crippen LogP contribution in [0, 0.1) is 6.92 Å². The summed E-state index contributed by atoms with van der Waals surface area (Å²) >= 11 is 0. The van der Waals surface area contributed by atoms with Crippen LogP contribution in [0.2, 0.25) is 0 Å². The average molecular weight is 271 g/mol. The first-order chi connectivity index (χ1) is 9.79. The van der Waals surface area contributed by atoms with Gasteiger partial charge in [-0.1, -0.05) is 0 Å². The molecule has 0 atom stereocenters. The summed E-state index contributed by atoms with van der Waals surface area (Å²) in [4.78, 5) is 0. The van der Waals surface area contributed by atoms with Crippen molar-refractivity contribution in [1.29, 1.82) is 0 Å². The summed E-state index contributed by atoms with van der Waals surface area (Å²) in [6, 6.07) is 12.2. The topological polar surface area (TPSA) is 34.4 Å². The molecule has 0 spiro atoms. The van der Waals surface area contributed by atoms with Gasteiger partial charge in [0.1, 0.15) is 17.3 Å². The van der Waals surface area contributed by atoms with E-state index in [0.29, 0.717) is 12.6 Å². The molecule has 0 radical (unpaired) electrons. The highest BCUT2D eigenvalue weighted by molar-refractivity contribution is 5.46. The molecule has 1 heterocycles. The number of furan rings is 1. The van der Waals surface area contributed by atoms with Crippen molar-refractivity contribution in [2.24, 2.45) is 0 Å². The van der Waals surface area contributed by atoms with E-state index in [1.807, 2.05) is 31.2 Å². The molecule has 1 aromatic carbocycles. The molecule has 1 aliphatic rings. The van der Waals surface area contributed by atoms with Gasteiger partial charge >= 0.3 is 0 Å². The lowest BCUT2D eigenvalue weighted by Gasteiger charge is -2.13. The minimum atomic E-state index is 0.417. The first-order valence-electron chi connectivity index (χ1n) is 7.35. The van der Waals surface area contributed by atoms with E-state index in [-0.39, 0.29) is 0 Å². The van der Waals surface area contributed by atoms with Crippen LogP contribution < -0.4 is 10.1 Å². The highest BCUT2D eigenvalue weighted by atomic mass is 16.5. The maximum atomic E-state index is 5.95. The molecule has 0 bridgehead atoms. The third kappa shape index (κ3) is 3.35. The van der Waals surface area contributed by atoms with Crippen LogP contribution in [0.25, 0.3) is 0 Å². The van der Waals surface area contributed by atoms with Gasteiger partial charge in [-0.25, -0.2) is 0 Å². The summed E-state index contributed by atoms with van der Waals surface area (Å²) in [7, 11) is 0. The Morgan fingerprint density at radius 3 is 2.50 bits per heavy atom. The molecule has 1 aromatic heterocycles. The molecule has 1 saturated carbocycles. The molecule has 2 aromatic rings. The molecule has 1 N–H and O–H groups in total. The Hall–Kier alpha value is -1.90. The summed E-state index contributed by atoms with van der Waals surface area (Å²) in [6.45, 7) is 2.66. The Morgan fingerprint density at radius 2 is 1.85 bits per heavy atom. The van der Waals surface area contributed by atoms with Gasteiger partial charge in [0.15, 0.2) is 0 Å². The SMILES string of the molecule is Cc1ccc(CNc2ccc(OC3CCCC3)cc2)o1. The van der Waals surface area contributed by atoms with Gasteiger partial charge in [-0.2, -0.15) is 0 Å². The predicted molar refractivity (Wildman–Crippen MR) is 80.1 cm³/mol. The van der Waals surface area contributed by atoms with E-state index in [2.05, 4.69) is 17.4 Å². The molecule has 3 rings (SSSR count). The molecule has 1 fully saturated rings. The second-order valence-electron chi connectivity index (χ2n) is 5.41. The Morgan fingerprint density at radius 1 is 1.10 bits per heavy atom. The van der Waals surface area contributed by atoms with Crippen LogP contribution >= 0.6 is 0 Å². The number of benzene rings is 1. The maximum Gasteiger partial charge on any atom is 0.123 e. The van der Waals surface area contributed by atoms with Crippen molar-refractivity contribution in [2.45, 2.75) is 45.3 Å². The monoisotopic (exact) mass is 271 g/mol. The molecule has 3 nitrogen and oxygen atoms in total. The van der Waals surface area contributed by atoms with Gasteiger partial charge in [0.25, 0.3) is 0 Å². The fourth-order valence-electron chi connectivity index (χ4n) is 2.62. The molecule has 0 saturated heterocycles. The summed E-state index contributed by atoms with van der Waals surface area (Å²) in [5.41, 5.74) is 1.08. The van der Waals surface area contributed by atoms with E-state index < -0.39 is 0 Å². The number of ether oxygens (including phenoxy) is 1. The van der Waals surface area contributed by atoms with Crippen molar-refractivity contribution in [3.8, 4) is 5.75 Å². The van der Waals surface area contributed by atoms with Crippen molar-refractivity contribution in [1.82, 2.24) is 0 Å². The Kier molecular flexibility index (Phi) is 3.95. The molecule has 0 aliphatic heterocycles. The minimum absolute atomic E-state index is 0.417. The number of hydrogen-bond donors (Lipinski definition) is 1. The Bertz CT molecular complexity index is 538. The Labute approximate surface area is 119 Å². The first-order valence-corrected chi connectivity index (χ1v) is 7.35. The number of hydrogen-bond acceptors (Lipinski definition) is 3. The molecule has 20 heavy (non-hydrogen) atoms. The quantitative estimate of drug-likeness (QED) is 0.868. The van der Waals surface area contributed by atoms with E-state index in [0.717, 1.165) is 23.0 Å². The first kappa shape index (κ1) is 13.1. The third-order valence-corrected chi connectivity index (χ3v) is 3.72. The van der Waals surface area contributed by atoms with Crippen LogP contribution in [0.1, 0.15) is 37.2 Å². The van der Waals surface area contributed by atoms with E-state index in [1.54, 1.807) is 0 Å². The van der Waals surface area contributed by atoms with E-state index in [9.17, 15) is 0 Å². The van der Waals surface area contributed by atoms with Gasteiger partial charge in [0.05, 0.1) is 12.6 Å². The van der Waals surface area contributed by atoms with Crippen LogP contribution in [0.5, 0.6) is 5.75 Å². The molecule has 0 unspecified atom stereocenters. The molecule has 106 valence electrons. The maximum absolute atomic E-state index is 5.95. The fraction of sp³-hybridized carbons (Fsp3) is 0.412. The van der Waals surface area contributed by atoms with Gasteiger partial charge < -0.3 is 14.5 Å². The van der Waals surface area contributed by atoms with Crippen LogP contribution in [-0.2, 0) is 6.54 Å². The fourth-order valence-corrected chi connectivity index (χ4v) is 2.62. The largest absolute Gasteiger partial charge is 0.490 e. The average Bonchev–Trinajstić information content (AvgIpc) is 3.10. The van der Waals surface area contributed by atoms with Gasteiger partial charge in [0, 0.05) is 5.69 Å². The highest BCUT2D eigenvalue weighted by Crippen LogP contribution is 2.25. The highest BCUT2D eigenvalue weighted by Gasteiger charge is 2.16. The zero-order valence-electron chi connectivity index (χ0n) is 11.9. The smallest absolute Gasteiger partial charge is 0.123 e. The van der Waals surface area contributed by atoms with Gasteiger partial charge in [-0.3, -0.25) is 0 Å². The Balaban J connectivity index is 1.52. The lowest BCUT2D eigenvalue weighted by molar-refractivity contribution is 0.210. The normalized spacial score (nSPS) is 15.4. The van der Waals surface area contributed by atoms with Crippen molar-refractivity contribution < 1.29 is 9.15 Å². The second kappa shape index (κ2) is 6.04. The zero-order chi connectivity index (χ0) is 13.8. The van der Waals surface area contributed by atoms with Gasteiger partial charge in [-0.05, 0) is 69.0 Å². The number of nitrogens with one attached hydrogen (secondary N) is 1. The van der Waals surface area contributed by atoms with Crippen molar-refractivity contribution in [2.75, 3.05) is 5.32 Å². The van der Waals surface area contributed by atoms with Crippen LogP contribution in [0.4, 0.5) is 5.69 Å². The van der Waals surface area contributed by atoms with E-state index in [1.165, 1.54) is 25.7 Å². The lowest BCUT2D eigenvalue weighted by Crippen LogP contribution is -2.10. The van der Waals surface area contributed by atoms with E-state index >= 15 is 0 Å². The molecule has 1 aliphatic carbocycles. The molecule has 0 amide bonds. The standard InChI is InChI=1S/C17H21NO2/c1-13-6-9-17(19-13)12-18-14-7-10-16(11-8-14)20-15-4-2-3-5-15/h6-11,15,18H,2-5,12H2,1H3. The predicted octanol–water partition coefficient (Wildman–Crippen LogP) is 4.52. The zero-order valence-corrected chi connectivity index (χ0v) is 11.9. The van der Waals surface area contributed by atoms with Gasteiger partial charge in [-0.15, -0.1) is 0 Å². The number of anilines is 1. The summed E-state index contributed by atoms with van der Waals surface area (Å²) < 4.78 is 11.5. The van der Waals surface area contributed by atoms with Crippen molar-refractivity contribution >= 4 is 5.69 Å². The summed E-state index contributed by atoms with van der Waals surface area (Å²) in [5, 5.41) is 3.35. The molecular weight excluding hydrogens is 250 g/mol. The molecular formula is C17H21NO2. The third-order valence-electron chi connectivity index (χ3n) is 3.72. The van der Waals surface area contributed by atoms with Crippen molar-refractivity contribution in [3.05, 3.63) is 47.9 Å². The van der Waals surface area contributed by atoms with Crippen molar-refractivity contribution in [3.63, 3.8) is 0 Å². The van der Waals surface area contributed by atoms with Crippen LogP contribution in [0.3, 0.4) is 0 Å². The van der Waals surface area contributed by atoms with E-state index in [4.69, 9.17) is 9.15 Å². The van der Waals surface area contributed by atoms with Crippen LogP contribution in [-0.4, -0.2) is 6.10 Å². The number of aryl methyl sites for hydroxylation is 1. The lowest BCUT2D eigenvalue weighted by atomic mass is 10.2. The molecule has 3 heteroatoms. The minimum Gasteiger partial charge on any atom is -0.490 e.